The number of rotatable bonds is 8. The molecule has 0 saturated carbocycles. The molecule has 3 saturated heterocycles. The second-order valence-corrected chi connectivity index (χ2v) is 10.5. The van der Waals surface area contributed by atoms with Gasteiger partial charge in [0.05, 0.1) is 13.2 Å². The number of nitrogens with zero attached hydrogens (tertiary/aromatic N) is 4. The lowest BCUT2D eigenvalue weighted by molar-refractivity contribution is -0.172. The Morgan fingerprint density at radius 3 is 2.20 bits per heavy atom. The van der Waals surface area contributed by atoms with Crippen LogP contribution >= 0.6 is 12.4 Å². The van der Waals surface area contributed by atoms with Crippen LogP contribution in [0.5, 0.6) is 0 Å². The second-order valence-electron chi connectivity index (χ2n) is 10.5. The smallest absolute Gasteiger partial charge is 0.328 e. The highest BCUT2D eigenvalue weighted by atomic mass is 35.5. The van der Waals surface area contributed by atoms with Gasteiger partial charge in [-0.2, -0.15) is 0 Å². The van der Waals surface area contributed by atoms with Gasteiger partial charge in [0.15, 0.2) is 5.79 Å². The van der Waals surface area contributed by atoms with Gasteiger partial charge in [0.1, 0.15) is 18.0 Å². The van der Waals surface area contributed by atoms with Crippen molar-refractivity contribution in [1.82, 2.24) is 14.7 Å². The second kappa shape index (κ2) is 12.9. The van der Waals surface area contributed by atoms with Crippen molar-refractivity contribution in [3.05, 3.63) is 66.0 Å². The van der Waals surface area contributed by atoms with Gasteiger partial charge >= 0.3 is 6.03 Å². The van der Waals surface area contributed by atoms with Crippen molar-refractivity contribution in [2.24, 2.45) is 0 Å². The summed E-state index contributed by atoms with van der Waals surface area (Å²) in [7, 11) is 0. The lowest BCUT2D eigenvalue weighted by Crippen LogP contribution is -2.57. The topological polar surface area (TPSA) is 65.6 Å². The van der Waals surface area contributed by atoms with Crippen molar-refractivity contribution in [1.29, 1.82) is 0 Å². The van der Waals surface area contributed by atoms with Gasteiger partial charge in [-0.3, -0.25) is 4.79 Å². The molecule has 0 radical (unpaired) electrons. The molecule has 0 bridgehead atoms. The van der Waals surface area contributed by atoms with Crippen LogP contribution in [0.25, 0.3) is 0 Å². The van der Waals surface area contributed by atoms with E-state index in [1.165, 1.54) is 17.0 Å². The minimum atomic E-state index is -0.832. The quantitative estimate of drug-likeness (QED) is 0.450. The summed E-state index contributed by atoms with van der Waals surface area (Å²) in [6.07, 6.45) is 2.81. The van der Waals surface area contributed by atoms with Gasteiger partial charge < -0.3 is 24.2 Å². The highest BCUT2D eigenvalue weighted by Gasteiger charge is 2.55. The van der Waals surface area contributed by atoms with Crippen LogP contribution in [0.2, 0.25) is 0 Å². The highest BCUT2D eigenvalue weighted by Crippen LogP contribution is 2.40. The third-order valence-electron chi connectivity index (χ3n) is 8.48. The molecule has 5 rings (SSSR count). The summed E-state index contributed by atoms with van der Waals surface area (Å²) in [4.78, 5) is 34.9. The molecule has 2 aromatic rings. The summed E-state index contributed by atoms with van der Waals surface area (Å²) >= 11 is 0. The fourth-order valence-corrected chi connectivity index (χ4v) is 6.24. The van der Waals surface area contributed by atoms with Crippen molar-refractivity contribution >= 4 is 30.0 Å². The molecule has 0 aliphatic carbocycles. The van der Waals surface area contributed by atoms with E-state index in [-0.39, 0.29) is 36.8 Å². The Hall–Kier alpha value is -2.72. The van der Waals surface area contributed by atoms with Crippen LogP contribution in [-0.2, 0) is 20.1 Å². The molecular formula is C30H40ClFN4O4. The summed E-state index contributed by atoms with van der Waals surface area (Å²) in [6.45, 7) is 8.67. The average molecular weight is 575 g/mol. The van der Waals surface area contributed by atoms with Crippen LogP contribution in [0.15, 0.2) is 54.6 Å². The molecule has 0 atom stereocenters. The molecule has 3 heterocycles. The molecule has 3 fully saturated rings. The van der Waals surface area contributed by atoms with Crippen molar-refractivity contribution in [2.75, 3.05) is 57.5 Å². The van der Waals surface area contributed by atoms with E-state index in [0.717, 1.165) is 37.3 Å². The normalized spacial score (nSPS) is 20.1. The molecule has 3 amide bonds. The van der Waals surface area contributed by atoms with Crippen molar-refractivity contribution in [2.45, 2.75) is 50.9 Å². The van der Waals surface area contributed by atoms with Gasteiger partial charge in [-0.25, -0.2) is 14.1 Å². The number of hydrogen-bond donors (Lipinski definition) is 0. The highest BCUT2D eigenvalue weighted by molar-refractivity contribution is 6.04. The summed E-state index contributed by atoms with van der Waals surface area (Å²) in [5, 5.41) is 0. The first-order valence-corrected chi connectivity index (χ1v) is 14.1. The maximum atomic E-state index is 13.9. The zero-order valence-corrected chi connectivity index (χ0v) is 24.2. The minimum Gasteiger partial charge on any atom is -0.343 e. The van der Waals surface area contributed by atoms with Gasteiger partial charge in [-0.1, -0.05) is 30.3 Å². The molecule has 1 spiro atoms. The van der Waals surface area contributed by atoms with Crippen molar-refractivity contribution in [3.63, 3.8) is 0 Å². The summed E-state index contributed by atoms with van der Waals surface area (Å²) in [5.41, 5.74) is 1.08. The number of halogens is 2. The SMILES string of the molecule is CCN(CC)C(=O)N1CN(c2ccccc2)C2(CCN(CCCC3(c4ccc(F)cc4)OCCO3)CC2)C1=O.Cl. The third-order valence-corrected chi connectivity index (χ3v) is 8.48. The standard InChI is InChI=1S/C30H39FN4O4.ClH/c1-3-33(4-2)28(37)34-23-35(26-9-6-5-7-10-26)29(27(34)36)16-19-32(20-17-29)18-8-15-30(38-21-22-39-30)24-11-13-25(31)14-12-24;/h5-7,9-14H,3-4,8,15-23H2,1-2H3;1H. The van der Waals surface area contributed by atoms with E-state index < -0.39 is 11.3 Å². The molecule has 0 N–H and O–H groups in total. The minimum absolute atomic E-state index is 0. The molecule has 40 heavy (non-hydrogen) atoms. The largest absolute Gasteiger partial charge is 0.343 e. The number of carbonyl (C=O) groups excluding carboxylic acids is 2. The van der Waals surface area contributed by atoms with Crippen LogP contribution in [0.4, 0.5) is 14.9 Å². The summed E-state index contributed by atoms with van der Waals surface area (Å²) in [5.74, 6) is -1.20. The number of carbonyl (C=O) groups is 2. The fraction of sp³-hybridized carbons (Fsp3) is 0.533. The molecule has 3 aliphatic rings. The number of amides is 3. The average Bonchev–Trinajstić information content (AvgIpc) is 3.55. The molecule has 3 aliphatic heterocycles. The fourth-order valence-electron chi connectivity index (χ4n) is 6.24. The monoisotopic (exact) mass is 574 g/mol. The van der Waals surface area contributed by atoms with Crippen molar-refractivity contribution in [3.8, 4) is 0 Å². The van der Waals surface area contributed by atoms with Gasteiger partial charge in [0.25, 0.3) is 5.91 Å². The Labute approximate surface area is 242 Å². The Kier molecular flexibility index (Phi) is 9.72. The van der Waals surface area contributed by atoms with Gasteiger partial charge in [0.2, 0.25) is 0 Å². The maximum absolute atomic E-state index is 13.9. The first-order valence-electron chi connectivity index (χ1n) is 14.1. The van der Waals surface area contributed by atoms with E-state index in [1.807, 2.05) is 44.2 Å². The van der Waals surface area contributed by atoms with Crippen LogP contribution in [-0.4, -0.2) is 84.8 Å². The van der Waals surface area contributed by atoms with Crippen molar-refractivity contribution < 1.29 is 23.5 Å². The van der Waals surface area contributed by atoms with Gasteiger partial charge in [-0.05, 0) is 63.9 Å². The number of urea groups is 1. The number of hydrogen-bond acceptors (Lipinski definition) is 6. The zero-order valence-electron chi connectivity index (χ0n) is 23.4. The maximum Gasteiger partial charge on any atom is 0.328 e. The van der Waals surface area contributed by atoms with E-state index in [2.05, 4.69) is 9.80 Å². The van der Waals surface area contributed by atoms with E-state index >= 15 is 0 Å². The van der Waals surface area contributed by atoms with E-state index in [1.54, 1.807) is 17.0 Å². The van der Waals surface area contributed by atoms with Gasteiger partial charge in [-0.15, -0.1) is 12.4 Å². The predicted molar refractivity (Wildman–Crippen MR) is 154 cm³/mol. The molecule has 10 heteroatoms. The lowest BCUT2D eigenvalue weighted by Gasteiger charge is -2.43. The number of anilines is 1. The molecule has 8 nitrogen and oxygen atoms in total. The Morgan fingerprint density at radius 1 is 0.975 bits per heavy atom. The number of piperidine rings is 1. The van der Waals surface area contributed by atoms with Crippen LogP contribution in [0, 0.1) is 5.82 Å². The van der Waals surface area contributed by atoms with E-state index in [9.17, 15) is 14.0 Å². The number of benzene rings is 2. The predicted octanol–water partition coefficient (Wildman–Crippen LogP) is 4.83. The zero-order chi connectivity index (χ0) is 27.5. The number of imide groups is 1. The molecule has 0 aromatic heterocycles. The molecule has 2 aromatic carbocycles. The van der Waals surface area contributed by atoms with E-state index in [4.69, 9.17) is 9.47 Å². The van der Waals surface area contributed by atoms with Crippen LogP contribution < -0.4 is 4.90 Å². The summed E-state index contributed by atoms with van der Waals surface area (Å²) in [6, 6.07) is 16.1. The Bertz CT molecular complexity index is 1130. The lowest BCUT2D eigenvalue weighted by atomic mass is 9.85. The number of likely N-dealkylation sites (tertiary alicyclic amines) is 1. The molecule has 218 valence electrons. The third kappa shape index (κ3) is 5.70. The first kappa shape index (κ1) is 30.2. The number of ether oxygens (including phenoxy) is 2. The Morgan fingerprint density at radius 2 is 1.60 bits per heavy atom. The first-order chi connectivity index (χ1) is 18.9. The van der Waals surface area contributed by atoms with E-state index in [0.29, 0.717) is 45.6 Å². The molecule has 0 unspecified atom stereocenters. The Balaban J connectivity index is 0.00000370. The van der Waals surface area contributed by atoms with Crippen LogP contribution in [0.3, 0.4) is 0 Å². The number of para-hydroxylation sites is 1. The van der Waals surface area contributed by atoms with Crippen LogP contribution in [0.1, 0.15) is 45.1 Å². The van der Waals surface area contributed by atoms with Gasteiger partial charge in [0, 0.05) is 43.9 Å². The summed E-state index contributed by atoms with van der Waals surface area (Å²) < 4.78 is 25.5. The molecular weight excluding hydrogens is 535 g/mol.